The van der Waals surface area contributed by atoms with E-state index in [4.69, 9.17) is 0 Å². The molecule has 1 unspecified atom stereocenters. The third-order valence-corrected chi connectivity index (χ3v) is 4.05. The molecule has 114 valence electrons. The van der Waals surface area contributed by atoms with Gasteiger partial charge in [0.25, 0.3) is 5.91 Å². The maximum Gasteiger partial charge on any atom is 0.256 e. The van der Waals surface area contributed by atoms with Crippen molar-refractivity contribution in [2.75, 3.05) is 23.3 Å². The number of carbonyl (C=O) groups is 1. The fourth-order valence-corrected chi connectivity index (χ4v) is 2.85. The summed E-state index contributed by atoms with van der Waals surface area (Å²) < 4.78 is 0. The molecule has 4 nitrogen and oxygen atoms in total. The number of aromatic nitrogens is 1. The molecule has 1 N–H and O–H groups in total. The summed E-state index contributed by atoms with van der Waals surface area (Å²) in [4.78, 5) is 18.8. The van der Waals surface area contributed by atoms with Gasteiger partial charge < -0.3 is 10.2 Å². The fraction of sp³-hybridized carbons (Fsp3) is 0.333. The number of piperidine rings is 1. The van der Waals surface area contributed by atoms with Crippen molar-refractivity contribution in [2.24, 2.45) is 5.92 Å². The number of carbonyl (C=O) groups excluding carboxylic acids is 1. The third-order valence-electron chi connectivity index (χ3n) is 4.05. The number of benzene rings is 1. The molecule has 4 heteroatoms. The van der Waals surface area contributed by atoms with Gasteiger partial charge in [-0.2, -0.15) is 0 Å². The van der Waals surface area contributed by atoms with Crippen LogP contribution in [0.5, 0.6) is 0 Å². The van der Waals surface area contributed by atoms with Gasteiger partial charge in [-0.05, 0) is 43.0 Å². The second kappa shape index (κ2) is 6.60. The van der Waals surface area contributed by atoms with Gasteiger partial charge >= 0.3 is 0 Å². The number of anilines is 2. The molecule has 1 aliphatic rings. The zero-order valence-corrected chi connectivity index (χ0v) is 12.8. The molecule has 0 bridgehead atoms. The van der Waals surface area contributed by atoms with Crippen molar-refractivity contribution in [3.63, 3.8) is 0 Å². The number of pyridine rings is 1. The first-order valence-electron chi connectivity index (χ1n) is 7.80. The molecule has 1 amide bonds. The van der Waals surface area contributed by atoms with Gasteiger partial charge in [0.05, 0.1) is 11.9 Å². The van der Waals surface area contributed by atoms with E-state index >= 15 is 0 Å². The highest BCUT2D eigenvalue weighted by atomic mass is 16.1. The molecule has 1 aromatic heterocycles. The van der Waals surface area contributed by atoms with Crippen LogP contribution in [0.15, 0.2) is 48.7 Å². The smallest absolute Gasteiger partial charge is 0.256 e. The van der Waals surface area contributed by atoms with Crippen molar-refractivity contribution in [3.05, 3.63) is 54.2 Å². The summed E-state index contributed by atoms with van der Waals surface area (Å²) in [5, 5.41) is 2.83. The summed E-state index contributed by atoms with van der Waals surface area (Å²) in [5.74, 6) is 1.18. The summed E-state index contributed by atoms with van der Waals surface area (Å²) in [7, 11) is 0. The maximum absolute atomic E-state index is 12.1. The number of nitrogens with zero attached hydrogens (tertiary/aromatic N) is 2. The average Bonchev–Trinajstić information content (AvgIpc) is 2.56. The van der Waals surface area contributed by atoms with E-state index in [0.717, 1.165) is 24.7 Å². The lowest BCUT2D eigenvalue weighted by atomic mass is 10.00. The van der Waals surface area contributed by atoms with Crippen molar-refractivity contribution in [1.82, 2.24) is 4.98 Å². The van der Waals surface area contributed by atoms with Gasteiger partial charge in [-0.15, -0.1) is 0 Å². The van der Waals surface area contributed by atoms with E-state index in [-0.39, 0.29) is 5.91 Å². The predicted octanol–water partition coefficient (Wildman–Crippen LogP) is 3.57. The van der Waals surface area contributed by atoms with Crippen LogP contribution in [-0.4, -0.2) is 24.0 Å². The van der Waals surface area contributed by atoms with Crippen LogP contribution in [0.3, 0.4) is 0 Å². The van der Waals surface area contributed by atoms with E-state index < -0.39 is 0 Å². The van der Waals surface area contributed by atoms with Crippen molar-refractivity contribution >= 4 is 17.4 Å². The molecule has 22 heavy (non-hydrogen) atoms. The average molecular weight is 295 g/mol. The Labute approximate surface area is 131 Å². The Kier molecular flexibility index (Phi) is 4.37. The summed E-state index contributed by atoms with van der Waals surface area (Å²) in [6, 6.07) is 13.1. The Bertz CT molecular complexity index is 625. The number of nitrogens with one attached hydrogen (secondary N) is 1. The van der Waals surface area contributed by atoms with Gasteiger partial charge in [-0.25, -0.2) is 4.98 Å². The minimum Gasteiger partial charge on any atom is -0.370 e. The van der Waals surface area contributed by atoms with E-state index in [2.05, 4.69) is 22.1 Å². The van der Waals surface area contributed by atoms with Crippen LogP contribution in [0.2, 0.25) is 0 Å². The SMILES string of the molecule is CC1CCCN(c2ccc(NC(=O)c3ccccc3)nc2)C1. The molecule has 0 spiro atoms. The van der Waals surface area contributed by atoms with Gasteiger partial charge in [-0.3, -0.25) is 4.79 Å². The summed E-state index contributed by atoms with van der Waals surface area (Å²) in [6.07, 6.45) is 4.38. The van der Waals surface area contributed by atoms with Gasteiger partial charge in [0, 0.05) is 18.7 Å². The minimum atomic E-state index is -0.132. The van der Waals surface area contributed by atoms with Gasteiger partial charge in [0.1, 0.15) is 5.82 Å². The normalized spacial score (nSPS) is 18.0. The Hall–Kier alpha value is -2.36. The molecule has 1 aromatic carbocycles. The van der Waals surface area contributed by atoms with E-state index in [1.54, 1.807) is 12.1 Å². The molecule has 0 radical (unpaired) electrons. The van der Waals surface area contributed by atoms with E-state index in [0.29, 0.717) is 11.4 Å². The second-order valence-corrected chi connectivity index (χ2v) is 5.92. The number of rotatable bonds is 3. The van der Waals surface area contributed by atoms with Crippen molar-refractivity contribution in [2.45, 2.75) is 19.8 Å². The third kappa shape index (κ3) is 3.45. The minimum absolute atomic E-state index is 0.132. The molecule has 0 aliphatic carbocycles. The largest absolute Gasteiger partial charge is 0.370 e. The van der Waals surface area contributed by atoms with Crippen molar-refractivity contribution in [3.8, 4) is 0 Å². The van der Waals surface area contributed by atoms with Crippen LogP contribution in [-0.2, 0) is 0 Å². The predicted molar refractivity (Wildman–Crippen MR) is 89.2 cm³/mol. The lowest BCUT2D eigenvalue weighted by Gasteiger charge is -2.32. The van der Waals surface area contributed by atoms with Crippen molar-refractivity contribution < 1.29 is 4.79 Å². The fourth-order valence-electron chi connectivity index (χ4n) is 2.85. The van der Waals surface area contributed by atoms with Crippen molar-refractivity contribution in [1.29, 1.82) is 0 Å². The maximum atomic E-state index is 12.1. The molecular formula is C18H21N3O. The highest BCUT2D eigenvalue weighted by molar-refractivity contribution is 6.03. The first-order valence-corrected chi connectivity index (χ1v) is 7.80. The zero-order chi connectivity index (χ0) is 15.4. The number of amides is 1. The Morgan fingerprint density at radius 2 is 2.05 bits per heavy atom. The summed E-state index contributed by atoms with van der Waals surface area (Å²) in [6.45, 7) is 4.45. The standard InChI is InChI=1S/C18H21N3O/c1-14-6-5-11-21(13-14)16-9-10-17(19-12-16)20-18(22)15-7-3-2-4-8-15/h2-4,7-10,12,14H,5-6,11,13H2,1H3,(H,19,20,22). The van der Waals surface area contributed by atoms with Crippen LogP contribution in [0, 0.1) is 5.92 Å². The lowest BCUT2D eigenvalue weighted by molar-refractivity contribution is 0.102. The Morgan fingerprint density at radius 3 is 2.73 bits per heavy atom. The van der Waals surface area contributed by atoms with E-state index in [1.807, 2.05) is 36.5 Å². The molecular weight excluding hydrogens is 274 g/mol. The lowest BCUT2D eigenvalue weighted by Crippen LogP contribution is -2.34. The Balaban J connectivity index is 1.65. The highest BCUT2D eigenvalue weighted by Gasteiger charge is 2.16. The zero-order valence-electron chi connectivity index (χ0n) is 12.8. The van der Waals surface area contributed by atoms with Crippen LogP contribution < -0.4 is 10.2 Å². The number of hydrogen-bond donors (Lipinski definition) is 1. The summed E-state index contributed by atoms with van der Waals surface area (Å²) >= 11 is 0. The molecule has 3 rings (SSSR count). The first-order chi connectivity index (χ1) is 10.7. The van der Waals surface area contributed by atoms with Crippen LogP contribution in [0.25, 0.3) is 0 Å². The van der Waals surface area contributed by atoms with Crippen LogP contribution in [0.1, 0.15) is 30.1 Å². The van der Waals surface area contributed by atoms with Gasteiger partial charge in [-0.1, -0.05) is 25.1 Å². The molecule has 1 saturated heterocycles. The Morgan fingerprint density at radius 1 is 1.23 bits per heavy atom. The molecule has 2 aromatic rings. The second-order valence-electron chi connectivity index (χ2n) is 5.92. The quantitative estimate of drug-likeness (QED) is 0.941. The molecule has 1 fully saturated rings. The van der Waals surface area contributed by atoms with E-state index in [9.17, 15) is 4.79 Å². The molecule has 1 aliphatic heterocycles. The highest BCUT2D eigenvalue weighted by Crippen LogP contribution is 2.23. The molecule has 1 atom stereocenters. The van der Waals surface area contributed by atoms with Crippen LogP contribution in [0.4, 0.5) is 11.5 Å². The van der Waals surface area contributed by atoms with Gasteiger partial charge in [0.15, 0.2) is 0 Å². The van der Waals surface area contributed by atoms with Crippen LogP contribution >= 0.6 is 0 Å². The first kappa shape index (κ1) is 14.6. The topological polar surface area (TPSA) is 45.2 Å². The van der Waals surface area contributed by atoms with E-state index in [1.165, 1.54) is 12.8 Å². The molecule has 2 heterocycles. The number of hydrogen-bond acceptors (Lipinski definition) is 3. The summed E-state index contributed by atoms with van der Waals surface area (Å²) in [5.41, 5.74) is 1.77. The molecule has 0 saturated carbocycles. The monoisotopic (exact) mass is 295 g/mol. The van der Waals surface area contributed by atoms with Gasteiger partial charge in [0.2, 0.25) is 0 Å².